The van der Waals surface area contributed by atoms with Gasteiger partial charge in [-0.2, -0.15) is 0 Å². The molecule has 0 spiro atoms. The van der Waals surface area contributed by atoms with Crippen LogP contribution in [0.4, 0.5) is 0 Å². The van der Waals surface area contributed by atoms with Gasteiger partial charge < -0.3 is 15.1 Å². The molecule has 1 atom stereocenters. The van der Waals surface area contributed by atoms with Crippen molar-refractivity contribution < 1.29 is 14.4 Å². The highest BCUT2D eigenvalue weighted by atomic mass is 16.2. The third-order valence-corrected chi connectivity index (χ3v) is 3.86. The van der Waals surface area contributed by atoms with E-state index in [1.807, 2.05) is 30.3 Å². The van der Waals surface area contributed by atoms with E-state index in [-0.39, 0.29) is 36.7 Å². The van der Waals surface area contributed by atoms with Gasteiger partial charge in [0.1, 0.15) is 0 Å². The Kier molecular flexibility index (Phi) is 5.51. The fourth-order valence-corrected chi connectivity index (χ4v) is 2.63. The summed E-state index contributed by atoms with van der Waals surface area (Å²) in [7, 11) is 1.56. The molecule has 0 radical (unpaired) electrons. The molecule has 1 aliphatic heterocycles. The number of carbonyl (C=O) groups excluding carboxylic acids is 3. The van der Waals surface area contributed by atoms with E-state index in [1.54, 1.807) is 11.9 Å². The first-order chi connectivity index (χ1) is 11.0. The summed E-state index contributed by atoms with van der Waals surface area (Å²) in [5.74, 6) is -0.573. The zero-order chi connectivity index (χ0) is 16.8. The summed E-state index contributed by atoms with van der Waals surface area (Å²) >= 11 is 0. The number of nitrogens with one attached hydrogen (secondary N) is 1. The van der Waals surface area contributed by atoms with Crippen molar-refractivity contribution in [3.63, 3.8) is 0 Å². The Morgan fingerprint density at radius 1 is 1.39 bits per heavy atom. The number of hydrogen-bond donors (Lipinski definition) is 1. The molecule has 6 nitrogen and oxygen atoms in total. The lowest BCUT2D eigenvalue weighted by atomic mass is 10.0. The number of carbonyl (C=O) groups is 3. The number of hydrogen-bond acceptors (Lipinski definition) is 3. The van der Waals surface area contributed by atoms with Gasteiger partial charge in [-0.3, -0.25) is 14.4 Å². The van der Waals surface area contributed by atoms with Crippen LogP contribution in [0, 0.1) is 0 Å². The molecule has 1 unspecified atom stereocenters. The maximum Gasteiger partial charge on any atom is 0.246 e. The number of nitrogens with zero attached hydrogens (tertiary/aromatic N) is 2. The van der Waals surface area contributed by atoms with Gasteiger partial charge in [-0.15, -0.1) is 0 Å². The molecule has 1 heterocycles. The van der Waals surface area contributed by atoms with E-state index >= 15 is 0 Å². The van der Waals surface area contributed by atoms with E-state index in [4.69, 9.17) is 0 Å². The third kappa shape index (κ3) is 4.18. The molecular weight excluding hydrogens is 294 g/mol. The Morgan fingerprint density at radius 2 is 2.09 bits per heavy atom. The van der Waals surface area contributed by atoms with Crippen LogP contribution >= 0.6 is 0 Å². The minimum absolute atomic E-state index is 0.0393. The van der Waals surface area contributed by atoms with Crippen molar-refractivity contribution >= 4 is 17.7 Å². The molecule has 1 saturated heterocycles. The number of benzene rings is 1. The molecular formula is C17H21N3O3. The normalized spacial score (nSPS) is 17.9. The van der Waals surface area contributed by atoms with Crippen molar-refractivity contribution in [2.45, 2.75) is 12.5 Å². The van der Waals surface area contributed by atoms with Gasteiger partial charge in [0.25, 0.3) is 0 Å². The third-order valence-electron chi connectivity index (χ3n) is 3.86. The van der Waals surface area contributed by atoms with Crippen LogP contribution in [0.5, 0.6) is 0 Å². The van der Waals surface area contributed by atoms with Gasteiger partial charge in [0, 0.05) is 20.1 Å². The second-order valence-corrected chi connectivity index (χ2v) is 5.47. The number of amides is 3. The summed E-state index contributed by atoms with van der Waals surface area (Å²) in [6.45, 7) is 4.21. The quantitative estimate of drug-likeness (QED) is 0.833. The van der Waals surface area contributed by atoms with Gasteiger partial charge in [0.05, 0.1) is 19.0 Å². The summed E-state index contributed by atoms with van der Waals surface area (Å²) in [4.78, 5) is 39.1. The van der Waals surface area contributed by atoms with Gasteiger partial charge in [-0.05, 0) is 11.6 Å². The number of likely N-dealkylation sites (N-methyl/N-ethyl adjacent to an activating group) is 1. The Labute approximate surface area is 135 Å². The molecule has 23 heavy (non-hydrogen) atoms. The van der Waals surface area contributed by atoms with Crippen molar-refractivity contribution in [2.75, 3.05) is 26.7 Å². The predicted octanol–water partition coefficient (Wildman–Crippen LogP) is 0.721. The summed E-state index contributed by atoms with van der Waals surface area (Å²) < 4.78 is 0. The van der Waals surface area contributed by atoms with Crippen molar-refractivity contribution in [3.05, 3.63) is 48.6 Å². The summed E-state index contributed by atoms with van der Waals surface area (Å²) in [5.41, 5.74) is 0.913. The average molecular weight is 315 g/mol. The van der Waals surface area contributed by atoms with E-state index < -0.39 is 0 Å². The molecule has 0 bridgehead atoms. The van der Waals surface area contributed by atoms with Gasteiger partial charge in [0.15, 0.2) is 0 Å². The Balaban J connectivity index is 2.21. The van der Waals surface area contributed by atoms with Crippen molar-refractivity contribution in [1.82, 2.24) is 15.1 Å². The average Bonchev–Trinajstić information content (AvgIpc) is 2.76. The predicted molar refractivity (Wildman–Crippen MR) is 86.4 cm³/mol. The van der Waals surface area contributed by atoms with E-state index in [2.05, 4.69) is 11.9 Å². The van der Waals surface area contributed by atoms with Crippen LogP contribution in [-0.2, 0) is 14.4 Å². The first-order valence-electron chi connectivity index (χ1n) is 7.51. The molecule has 1 aromatic carbocycles. The monoisotopic (exact) mass is 315 g/mol. The molecule has 0 aliphatic carbocycles. The topological polar surface area (TPSA) is 69.7 Å². The van der Waals surface area contributed by atoms with Crippen LogP contribution < -0.4 is 5.32 Å². The highest BCUT2D eigenvalue weighted by Gasteiger charge is 2.30. The second kappa shape index (κ2) is 7.58. The van der Waals surface area contributed by atoms with E-state index in [0.717, 1.165) is 5.56 Å². The lowest BCUT2D eigenvalue weighted by molar-refractivity contribution is -0.139. The van der Waals surface area contributed by atoms with E-state index in [9.17, 15) is 14.4 Å². The van der Waals surface area contributed by atoms with Crippen LogP contribution in [0.25, 0.3) is 0 Å². The molecule has 1 aromatic rings. The standard InChI is InChI=1S/C17H21N3O3/c1-3-16(22)19(2)12-17(23)20-10-9-18-15(21)11-14(20)13-7-5-4-6-8-13/h3-8,14H,1,9-12H2,2H3,(H,18,21). The summed E-state index contributed by atoms with van der Waals surface area (Å²) in [6, 6.07) is 9.15. The van der Waals surface area contributed by atoms with Crippen molar-refractivity contribution in [2.24, 2.45) is 0 Å². The zero-order valence-corrected chi connectivity index (χ0v) is 13.2. The van der Waals surface area contributed by atoms with Crippen molar-refractivity contribution in [1.29, 1.82) is 0 Å². The van der Waals surface area contributed by atoms with Crippen LogP contribution in [0.15, 0.2) is 43.0 Å². The summed E-state index contributed by atoms with van der Waals surface area (Å²) in [5, 5.41) is 2.79. The van der Waals surface area contributed by atoms with Crippen LogP contribution in [0.2, 0.25) is 0 Å². The van der Waals surface area contributed by atoms with Gasteiger partial charge in [-0.25, -0.2) is 0 Å². The Bertz CT molecular complexity index is 600. The maximum atomic E-state index is 12.6. The zero-order valence-electron chi connectivity index (χ0n) is 13.2. The van der Waals surface area contributed by atoms with E-state index in [0.29, 0.717) is 13.1 Å². The highest BCUT2D eigenvalue weighted by molar-refractivity contribution is 5.91. The van der Waals surface area contributed by atoms with Gasteiger partial charge in [0.2, 0.25) is 17.7 Å². The first-order valence-corrected chi connectivity index (χ1v) is 7.51. The molecule has 0 saturated carbocycles. The smallest absolute Gasteiger partial charge is 0.246 e. The minimum Gasteiger partial charge on any atom is -0.354 e. The minimum atomic E-state index is -0.321. The molecule has 0 aromatic heterocycles. The fourth-order valence-electron chi connectivity index (χ4n) is 2.63. The van der Waals surface area contributed by atoms with Crippen LogP contribution in [0.1, 0.15) is 18.0 Å². The lowest BCUT2D eigenvalue weighted by Crippen LogP contribution is -2.43. The molecule has 1 fully saturated rings. The lowest BCUT2D eigenvalue weighted by Gasteiger charge is -2.31. The molecule has 2 rings (SSSR count). The highest BCUT2D eigenvalue weighted by Crippen LogP contribution is 2.25. The molecule has 122 valence electrons. The maximum absolute atomic E-state index is 12.6. The second-order valence-electron chi connectivity index (χ2n) is 5.47. The largest absolute Gasteiger partial charge is 0.354 e. The fraction of sp³-hybridized carbons (Fsp3) is 0.353. The van der Waals surface area contributed by atoms with Crippen molar-refractivity contribution in [3.8, 4) is 0 Å². The Morgan fingerprint density at radius 3 is 2.74 bits per heavy atom. The molecule has 6 heteroatoms. The first kappa shape index (κ1) is 16.7. The van der Waals surface area contributed by atoms with Crippen LogP contribution in [-0.4, -0.2) is 54.2 Å². The molecule has 3 amide bonds. The van der Waals surface area contributed by atoms with Crippen LogP contribution in [0.3, 0.4) is 0 Å². The number of rotatable bonds is 4. The molecule has 1 aliphatic rings. The SMILES string of the molecule is C=CC(=O)N(C)CC(=O)N1CCNC(=O)CC1c1ccccc1. The van der Waals surface area contributed by atoms with Gasteiger partial charge in [-0.1, -0.05) is 36.9 Å². The molecule has 1 N–H and O–H groups in total. The summed E-state index contributed by atoms with van der Waals surface area (Å²) in [6.07, 6.45) is 1.39. The van der Waals surface area contributed by atoms with E-state index in [1.165, 1.54) is 11.0 Å². The Hall–Kier alpha value is -2.63. The van der Waals surface area contributed by atoms with Gasteiger partial charge >= 0.3 is 0 Å².